The highest BCUT2D eigenvalue weighted by Crippen LogP contribution is 2.22. The van der Waals surface area contributed by atoms with Crippen molar-refractivity contribution in [2.75, 3.05) is 23.4 Å². The largest absolute Gasteiger partial charge is 0.488 e. The fourth-order valence-electron chi connectivity index (χ4n) is 2.65. The van der Waals surface area contributed by atoms with Gasteiger partial charge in [-0.2, -0.15) is 4.98 Å². The third-order valence-corrected chi connectivity index (χ3v) is 4.92. The number of aliphatic hydroxyl groups excluding tert-OH is 1. The SMILES string of the molecule is Nc1nc2c(nc(SCCC(=O)Nc3cccc(B(O)O)c3)n2CCO)c(=O)[nH]1. The van der Waals surface area contributed by atoms with E-state index in [9.17, 15) is 24.7 Å². The third kappa shape index (κ3) is 4.95. The maximum absolute atomic E-state index is 12.2. The number of hydrogen-bond acceptors (Lipinski definition) is 9. The van der Waals surface area contributed by atoms with E-state index < -0.39 is 12.7 Å². The van der Waals surface area contributed by atoms with E-state index in [1.165, 1.54) is 23.9 Å². The molecule has 0 unspecified atom stereocenters. The van der Waals surface area contributed by atoms with Crippen LogP contribution in [-0.4, -0.2) is 60.1 Å². The number of fused-ring (bicyclic) bond motifs is 1. The summed E-state index contributed by atoms with van der Waals surface area (Å²) in [4.78, 5) is 34.9. The van der Waals surface area contributed by atoms with Crippen molar-refractivity contribution in [3.05, 3.63) is 34.6 Å². The van der Waals surface area contributed by atoms with Crippen molar-refractivity contribution in [3.63, 3.8) is 0 Å². The van der Waals surface area contributed by atoms with Crippen LogP contribution in [0.2, 0.25) is 0 Å². The highest BCUT2D eigenvalue weighted by molar-refractivity contribution is 7.99. The summed E-state index contributed by atoms with van der Waals surface area (Å²) >= 11 is 1.24. The summed E-state index contributed by atoms with van der Waals surface area (Å²) in [5.41, 5.74) is 6.20. The first kappa shape index (κ1) is 20.9. The minimum absolute atomic E-state index is 0.0484. The number of carbonyl (C=O) groups excluding carboxylic acids is 1. The normalized spacial score (nSPS) is 11.0. The van der Waals surface area contributed by atoms with Crippen LogP contribution in [0.5, 0.6) is 0 Å². The first-order valence-electron chi connectivity index (χ1n) is 8.64. The summed E-state index contributed by atoms with van der Waals surface area (Å²) in [6.07, 6.45) is 0.144. The second-order valence-corrected chi connectivity index (χ2v) is 7.10. The minimum atomic E-state index is -1.62. The topological polar surface area (TPSA) is 179 Å². The summed E-state index contributed by atoms with van der Waals surface area (Å²) in [6.45, 7) is -0.00184. The van der Waals surface area contributed by atoms with Gasteiger partial charge in [0.05, 0.1) is 6.61 Å². The number of nitrogens with two attached hydrogens (primary N) is 1. The lowest BCUT2D eigenvalue weighted by atomic mass is 9.80. The highest BCUT2D eigenvalue weighted by Gasteiger charge is 2.16. The lowest BCUT2D eigenvalue weighted by Crippen LogP contribution is -2.30. The van der Waals surface area contributed by atoms with Crippen molar-refractivity contribution in [1.29, 1.82) is 0 Å². The number of amides is 1. The van der Waals surface area contributed by atoms with E-state index in [4.69, 9.17) is 5.73 Å². The standard InChI is InChI=1S/C16H19BN6O5S/c18-15-21-13-12(14(26)22-15)20-16(23(13)5-6-24)29-7-4-11(25)19-10-3-1-2-9(8-10)17(27)28/h1-3,8,24,27-28H,4-7H2,(H,19,25)(H3,18,21,22,26). The van der Waals surface area contributed by atoms with Crippen LogP contribution >= 0.6 is 11.8 Å². The van der Waals surface area contributed by atoms with Crippen molar-refractivity contribution >= 4 is 53.0 Å². The van der Waals surface area contributed by atoms with E-state index in [0.29, 0.717) is 16.6 Å². The van der Waals surface area contributed by atoms with Gasteiger partial charge in [-0.05, 0) is 17.6 Å². The van der Waals surface area contributed by atoms with Gasteiger partial charge in [0.2, 0.25) is 11.9 Å². The summed E-state index contributed by atoms with van der Waals surface area (Å²) in [5, 5.41) is 30.8. The predicted octanol–water partition coefficient (Wildman–Crippen LogP) is -1.51. The van der Waals surface area contributed by atoms with Gasteiger partial charge in [-0.25, -0.2) is 4.98 Å². The maximum atomic E-state index is 12.2. The highest BCUT2D eigenvalue weighted by atomic mass is 32.2. The molecule has 7 N–H and O–H groups in total. The van der Waals surface area contributed by atoms with E-state index in [-0.39, 0.29) is 48.1 Å². The number of aliphatic hydroxyl groups is 1. The zero-order valence-corrected chi connectivity index (χ0v) is 16.0. The Bertz CT molecular complexity index is 1090. The Hall–Kier alpha value is -2.87. The Kier molecular flexibility index (Phi) is 6.54. The minimum Gasteiger partial charge on any atom is -0.423 e. The molecule has 0 saturated heterocycles. The number of hydrogen-bond donors (Lipinski definition) is 6. The van der Waals surface area contributed by atoms with Gasteiger partial charge in [0.15, 0.2) is 16.3 Å². The molecule has 0 aliphatic carbocycles. The number of nitrogen functional groups attached to an aromatic ring is 1. The molecule has 0 aliphatic rings. The smallest absolute Gasteiger partial charge is 0.423 e. The van der Waals surface area contributed by atoms with E-state index in [1.54, 1.807) is 16.7 Å². The number of H-pyrrole nitrogens is 1. The molecule has 152 valence electrons. The first-order chi connectivity index (χ1) is 13.9. The number of imidazole rings is 1. The van der Waals surface area contributed by atoms with Gasteiger partial charge < -0.3 is 30.8 Å². The Balaban J connectivity index is 1.67. The van der Waals surface area contributed by atoms with Gasteiger partial charge >= 0.3 is 7.12 Å². The molecule has 29 heavy (non-hydrogen) atoms. The van der Waals surface area contributed by atoms with Crippen LogP contribution in [0.4, 0.5) is 11.6 Å². The monoisotopic (exact) mass is 418 g/mol. The average molecular weight is 418 g/mol. The number of benzene rings is 1. The number of anilines is 2. The van der Waals surface area contributed by atoms with Gasteiger partial charge in [-0.1, -0.05) is 23.9 Å². The number of carbonyl (C=O) groups is 1. The van der Waals surface area contributed by atoms with E-state index in [2.05, 4.69) is 20.3 Å². The van der Waals surface area contributed by atoms with Crippen LogP contribution in [0.3, 0.4) is 0 Å². The number of aromatic amines is 1. The molecule has 1 aromatic carbocycles. The van der Waals surface area contributed by atoms with Gasteiger partial charge in [0.25, 0.3) is 5.56 Å². The molecule has 13 heteroatoms. The first-order valence-corrected chi connectivity index (χ1v) is 9.63. The van der Waals surface area contributed by atoms with Crippen LogP contribution in [0.25, 0.3) is 11.2 Å². The van der Waals surface area contributed by atoms with Gasteiger partial charge in [-0.3, -0.25) is 14.6 Å². The van der Waals surface area contributed by atoms with Crippen LogP contribution in [-0.2, 0) is 11.3 Å². The van der Waals surface area contributed by atoms with Crippen molar-refractivity contribution in [2.24, 2.45) is 0 Å². The summed E-state index contributed by atoms with van der Waals surface area (Å²) < 4.78 is 1.58. The molecule has 11 nitrogen and oxygen atoms in total. The summed E-state index contributed by atoms with van der Waals surface area (Å²) in [6, 6.07) is 6.25. The van der Waals surface area contributed by atoms with Crippen molar-refractivity contribution < 1.29 is 19.9 Å². The van der Waals surface area contributed by atoms with Crippen LogP contribution in [0.15, 0.2) is 34.2 Å². The van der Waals surface area contributed by atoms with E-state index in [0.717, 1.165) is 0 Å². The molecule has 0 radical (unpaired) electrons. The second kappa shape index (κ2) is 9.09. The molecule has 2 aromatic heterocycles. The fourth-order valence-corrected chi connectivity index (χ4v) is 3.61. The molecule has 1 amide bonds. The number of rotatable bonds is 8. The van der Waals surface area contributed by atoms with Gasteiger partial charge in [-0.15, -0.1) is 0 Å². The van der Waals surface area contributed by atoms with Gasteiger partial charge in [0.1, 0.15) is 0 Å². The Labute approximate surface area is 169 Å². The Morgan fingerprint density at radius 1 is 1.34 bits per heavy atom. The van der Waals surface area contributed by atoms with Crippen LogP contribution in [0, 0.1) is 0 Å². The molecule has 3 rings (SSSR count). The lowest BCUT2D eigenvalue weighted by Gasteiger charge is -2.08. The van der Waals surface area contributed by atoms with Crippen LogP contribution in [0.1, 0.15) is 6.42 Å². The predicted molar refractivity (Wildman–Crippen MR) is 110 cm³/mol. The molecular weight excluding hydrogens is 399 g/mol. The summed E-state index contributed by atoms with van der Waals surface area (Å²) in [7, 11) is -1.62. The second-order valence-electron chi connectivity index (χ2n) is 6.04. The zero-order valence-electron chi connectivity index (χ0n) is 15.2. The zero-order chi connectivity index (χ0) is 21.0. The fraction of sp³-hybridized carbons (Fsp3) is 0.250. The lowest BCUT2D eigenvalue weighted by molar-refractivity contribution is -0.115. The van der Waals surface area contributed by atoms with Gasteiger partial charge in [0, 0.05) is 24.4 Å². The molecule has 3 aromatic rings. The maximum Gasteiger partial charge on any atom is 0.488 e. The molecule has 0 saturated carbocycles. The molecule has 0 spiro atoms. The molecule has 0 atom stereocenters. The number of aromatic nitrogens is 4. The molecule has 2 heterocycles. The molecule has 0 aliphatic heterocycles. The third-order valence-electron chi connectivity index (χ3n) is 3.94. The quantitative estimate of drug-likeness (QED) is 0.187. The average Bonchev–Trinajstić information content (AvgIpc) is 3.00. The van der Waals surface area contributed by atoms with Crippen molar-refractivity contribution in [3.8, 4) is 0 Å². The van der Waals surface area contributed by atoms with E-state index >= 15 is 0 Å². The Morgan fingerprint density at radius 2 is 2.14 bits per heavy atom. The van der Waals surface area contributed by atoms with E-state index in [1.807, 2.05) is 0 Å². The molecule has 0 fully saturated rings. The number of thioether (sulfide) groups is 1. The van der Waals surface area contributed by atoms with Crippen LogP contribution < -0.4 is 22.1 Å². The van der Waals surface area contributed by atoms with Crippen molar-refractivity contribution in [2.45, 2.75) is 18.1 Å². The number of nitrogens with zero attached hydrogens (tertiary/aromatic N) is 3. The molecular formula is C16H19BN6O5S. The summed E-state index contributed by atoms with van der Waals surface area (Å²) in [5.74, 6) is 0.0379. The van der Waals surface area contributed by atoms with Crippen molar-refractivity contribution in [1.82, 2.24) is 19.5 Å². The number of nitrogens with one attached hydrogen (secondary N) is 2. The Morgan fingerprint density at radius 3 is 2.86 bits per heavy atom. The molecule has 0 bridgehead atoms.